The molecule has 2 N–H and O–H groups in total. The van der Waals surface area contributed by atoms with Crippen molar-refractivity contribution < 1.29 is 37.0 Å². The highest BCUT2D eigenvalue weighted by molar-refractivity contribution is 6.04. The first-order valence-corrected chi connectivity index (χ1v) is 10.9. The second kappa shape index (κ2) is 12.9. The molecule has 0 saturated heterocycles. The molecule has 35 heavy (non-hydrogen) atoms. The van der Waals surface area contributed by atoms with E-state index in [1.54, 1.807) is 25.2 Å². The number of hydrogen-bond donors (Lipinski definition) is 2. The minimum Gasteiger partial charge on any atom is -0.489 e. The van der Waals surface area contributed by atoms with Crippen LogP contribution in [0.2, 0.25) is 0 Å². The summed E-state index contributed by atoms with van der Waals surface area (Å²) in [6.07, 6.45) is -2.51. The molecule has 12 heteroatoms. The van der Waals surface area contributed by atoms with E-state index in [1.165, 1.54) is 23.2 Å². The van der Waals surface area contributed by atoms with Gasteiger partial charge in [0.25, 0.3) is 0 Å². The molecule has 0 bridgehead atoms. The average molecular weight is 499 g/mol. The summed E-state index contributed by atoms with van der Waals surface area (Å²) in [6.45, 7) is 6.73. The molecule has 1 atom stereocenters. The lowest BCUT2D eigenvalue weighted by molar-refractivity contribution is -0.274. The number of benzene rings is 1. The monoisotopic (exact) mass is 498 g/mol. The molecule has 2 amide bonds. The molecule has 2 heterocycles. The lowest BCUT2D eigenvalue weighted by Crippen LogP contribution is -2.37. The first-order valence-electron chi connectivity index (χ1n) is 10.9. The van der Waals surface area contributed by atoms with Crippen molar-refractivity contribution >= 4 is 23.8 Å². The van der Waals surface area contributed by atoms with Crippen LogP contribution in [0.4, 0.5) is 24.7 Å². The van der Waals surface area contributed by atoms with Crippen LogP contribution in [-0.4, -0.2) is 56.6 Å². The van der Waals surface area contributed by atoms with Gasteiger partial charge in [-0.25, -0.2) is 4.98 Å². The molecular weight excluding hydrogens is 469 g/mol. The third-order valence-electron chi connectivity index (χ3n) is 4.55. The summed E-state index contributed by atoms with van der Waals surface area (Å²) in [5, 5.41) is 5.69. The number of alkyl halides is 3. The molecular formula is C23H29F3N4O5. The van der Waals surface area contributed by atoms with Crippen LogP contribution in [0.1, 0.15) is 32.4 Å². The third-order valence-corrected chi connectivity index (χ3v) is 4.55. The Balaban J connectivity index is 0.000000247. The largest absolute Gasteiger partial charge is 0.573 e. The molecule has 2 aromatic rings. The smallest absolute Gasteiger partial charge is 0.489 e. The Bertz CT molecular complexity index is 971. The summed E-state index contributed by atoms with van der Waals surface area (Å²) in [5.41, 5.74) is 1.34. The predicted molar refractivity (Wildman–Crippen MR) is 123 cm³/mol. The number of nitrogens with one attached hydrogen (secondary N) is 2. The zero-order chi connectivity index (χ0) is 26.0. The molecule has 0 fully saturated rings. The molecule has 1 aliphatic rings. The van der Waals surface area contributed by atoms with Crippen LogP contribution in [0.5, 0.6) is 11.5 Å². The van der Waals surface area contributed by atoms with Gasteiger partial charge >= 0.3 is 6.36 Å². The van der Waals surface area contributed by atoms with Crippen molar-refractivity contribution in [2.45, 2.75) is 39.3 Å². The minimum atomic E-state index is -4.66. The highest BCUT2D eigenvalue weighted by Gasteiger charge is 2.31. The number of halogens is 3. The van der Waals surface area contributed by atoms with Crippen molar-refractivity contribution in [3.8, 4) is 11.5 Å². The van der Waals surface area contributed by atoms with E-state index >= 15 is 0 Å². The molecule has 1 unspecified atom stereocenters. The lowest BCUT2D eigenvalue weighted by atomic mass is 10.1. The van der Waals surface area contributed by atoms with E-state index in [2.05, 4.69) is 20.4 Å². The summed E-state index contributed by atoms with van der Waals surface area (Å²) in [4.78, 5) is 27.5. The second-order valence-corrected chi connectivity index (χ2v) is 7.61. The Kier molecular flexibility index (Phi) is 10.3. The van der Waals surface area contributed by atoms with Crippen LogP contribution in [0.25, 0.3) is 0 Å². The van der Waals surface area contributed by atoms with Gasteiger partial charge in [0.15, 0.2) is 5.82 Å². The topological polar surface area (TPSA) is 102 Å². The average Bonchev–Trinajstić information content (AvgIpc) is 2.78. The number of pyridine rings is 1. The Labute approximate surface area is 201 Å². The van der Waals surface area contributed by atoms with E-state index < -0.39 is 6.36 Å². The fourth-order valence-electron chi connectivity index (χ4n) is 3.09. The van der Waals surface area contributed by atoms with Gasteiger partial charge < -0.3 is 24.8 Å². The van der Waals surface area contributed by atoms with E-state index in [-0.39, 0.29) is 30.3 Å². The Hall–Kier alpha value is -3.38. The zero-order valence-corrected chi connectivity index (χ0v) is 19.9. The quantitative estimate of drug-likeness (QED) is 0.509. The normalized spacial score (nSPS) is 13.8. The number of carbonyl (C=O) groups excluding carboxylic acids is 2. The zero-order valence-electron chi connectivity index (χ0n) is 19.9. The molecule has 9 nitrogen and oxygen atoms in total. The predicted octanol–water partition coefficient (Wildman–Crippen LogP) is 3.67. The highest BCUT2D eigenvalue weighted by atomic mass is 19.4. The van der Waals surface area contributed by atoms with Crippen molar-refractivity contribution in [3.05, 3.63) is 42.1 Å². The number of hydrogen-bond acceptors (Lipinski definition) is 7. The third kappa shape index (κ3) is 9.06. The lowest BCUT2D eigenvalue weighted by Gasteiger charge is -2.25. The van der Waals surface area contributed by atoms with E-state index in [0.29, 0.717) is 36.9 Å². The van der Waals surface area contributed by atoms with Crippen LogP contribution in [0, 0.1) is 0 Å². The number of nitrogens with zero attached hydrogens (tertiary/aromatic N) is 2. The van der Waals surface area contributed by atoms with Crippen LogP contribution in [-0.2, 0) is 14.3 Å². The van der Waals surface area contributed by atoms with Crippen molar-refractivity contribution in [2.24, 2.45) is 0 Å². The molecule has 192 valence electrons. The van der Waals surface area contributed by atoms with Gasteiger partial charge in [-0.2, -0.15) is 0 Å². The number of aromatic nitrogens is 1. The van der Waals surface area contributed by atoms with Gasteiger partial charge in [0, 0.05) is 12.7 Å². The Morgan fingerprint density at radius 2 is 1.91 bits per heavy atom. The van der Waals surface area contributed by atoms with E-state index in [1.807, 2.05) is 20.8 Å². The number of carbonyl (C=O) groups is 2. The van der Waals surface area contributed by atoms with Crippen molar-refractivity contribution in [1.29, 1.82) is 0 Å². The molecule has 0 saturated carbocycles. The molecule has 3 rings (SSSR count). The number of likely N-dealkylation sites (N-methyl/N-ethyl adjacent to an activating group) is 1. The fourth-order valence-corrected chi connectivity index (χ4v) is 3.09. The maximum Gasteiger partial charge on any atom is 0.573 e. The molecule has 1 aromatic heterocycles. The minimum absolute atomic E-state index is 0.00607. The highest BCUT2D eigenvalue weighted by Crippen LogP contribution is 2.30. The Morgan fingerprint density at radius 1 is 1.23 bits per heavy atom. The first kappa shape index (κ1) is 27.9. The number of amides is 2. The summed E-state index contributed by atoms with van der Waals surface area (Å²) >= 11 is 0. The van der Waals surface area contributed by atoms with Crippen LogP contribution < -0.4 is 25.0 Å². The van der Waals surface area contributed by atoms with Crippen molar-refractivity contribution in [2.75, 3.05) is 37.0 Å². The molecule has 0 aliphatic carbocycles. The van der Waals surface area contributed by atoms with Gasteiger partial charge in [-0.1, -0.05) is 12.1 Å². The van der Waals surface area contributed by atoms with Gasteiger partial charge in [0.1, 0.15) is 18.0 Å². The summed E-state index contributed by atoms with van der Waals surface area (Å²) in [6, 6.07) is 7.36. The number of rotatable bonds is 9. The summed E-state index contributed by atoms with van der Waals surface area (Å²) < 4.78 is 50.5. The maximum atomic E-state index is 12.0. The van der Waals surface area contributed by atoms with E-state index in [9.17, 15) is 22.8 Å². The first-order chi connectivity index (χ1) is 16.6. The van der Waals surface area contributed by atoms with Crippen molar-refractivity contribution in [3.63, 3.8) is 0 Å². The van der Waals surface area contributed by atoms with Crippen LogP contribution in [0.3, 0.4) is 0 Å². The van der Waals surface area contributed by atoms with Crippen LogP contribution >= 0.6 is 0 Å². The molecule has 1 aromatic carbocycles. The fraction of sp³-hybridized carbons (Fsp3) is 0.435. The van der Waals surface area contributed by atoms with Crippen molar-refractivity contribution in [1.82, 2.24) is 10.3 Å². The molecule has 0 radical (unpaired) electrons. The number of anilines is 2. The summed E-state index contributed by atoms with van der Waals surface area (Å²) in [5.74, 6) is 0.535. The molecule has 1 aliphatic heterocycles. The summed E-state index contributed by atoms with van der Waals surface area (Å²) in [7, 11) is 1.77. The van der Waals surface area contributed by atoms with Gasteiger partial charge in [0.2, 0.25) is 12.3 Å². The molecule has 0 spiro atoms. The van der Waals surface area contributed by atoms with E-state index in [4.69, 9.17) is 9.47 Å². The number of ether oxygens (including phenoxy) is 3. The second-order valence-electron chi connectivity index (χ2n) is 7.61. The maximum absolute atomic E-state index is 12.0. The Morgan fingerprint density at radius 3 is 2.46 bits per heavy atom. The van der Waals surface area contributed by atoms with E-state index in [0.717, 1.165) is 5.56 Å². The van der Waals surface area contributed by atoms with Gasteiger partial charge in [-0.3, -0.25) is 14.5 Å². The van der Waals surface area contributed by atoms with Gasteiger partial charge in [-0.15, -0.1) is 13.2 Å². The van der Waals surface area contributed by atoms with Crippen LogP contribution in [0.15, 0.2) is 36.5 Å². The van der Waals surface area contributed by atoms with Gasteiger partial charge in [-0.05, 0) is 45.5 Å². The van der Waals surface area contributed by atoms with Gasteiger partial charge in [0.05, 0.1) is 30.6 Å². The standard InChI is InChI=1S/C12H16F3NO2.C11H13N3O3/c1-3-17-8-11(16-2)9-4-6-10(7-5-9)18-12(13,14)15;1-7(2)17-8-3-9-11(12-4-8)14(6-15)5-10(16)13-9/h4-7,11,16H,3,8H2,1-2H3;3-4,6-7H,5H2,1-2H3,(H,13,16). The SMILES string of the molecule is CC(C)Oc1cnc2c(c1)NC(=O)CN2C=O.CCOCC(NC)c1ccc(OC(F)(F)F)cc1. The number of fused-ring (bicyclic) bond motifs is 1.